The Morgan fingerprint density at radius 3 is 2.50 bits per heavy atom. The van der Waals surface area contributed by atoms with Gasteiger partial charge in [-0.1, -0.05) is 0 Å². The Labute approximate surface area is 97.3 Å². The number of rotatable bonds is 5. The number of likely N-dealkylation sites (N-methyl/N-ethyl adjacent to an activating group) is 1. The number of nitrogens with zero attached hydrogens (tertiary/aromatic N) is 1. The van der Waals surface area contributed by atoms with Crippen molar-refractivity contribution in [2.75, 3.05) is 33.8 Å². The Morgan fingerprint density at radius 1 is 1.56 bits per heavy atom. The summed E-state index contributed by atoms with van der Waals surface area (Å²) in [5.41, 5.74) is 4.76. The average Bonchev–Trinajstić information content (AvgIpc) is 2.29. The van der Waals surface area contributed by atoms with Crippen molar-refractivity contribution in [2.45, 2.75) is 31.4 Å². The summed E-state index contributed by atoms with van der Waals surface area (Å²) < 4.78 is 5.31. The van der Waals surface area contributed by atoms with E-state index in [-0.39, 0.29) is 5.91 Å². The number of hydrogen-bond donors (Lipinski definition) is 2. The number of ether oxygens (including phenoxy) is 1. The molecule has 0 radical (unpaired) electrons. The number of piperidine rings is 1. The van der Waals surface area contributed by atoms with Crippen molar-refractivity contribution in [3.05, 3.63) is 0 Å². The molecule has 1 heterocycles. The molecule has 1 saturated heterocycles. The molecule has 5 nitrogen and oxygen atoms in total. The number of carbonyl (C=O) groups excluding carboxylic acids is 1. The van der Waals surface area contributed by atoms with Crippen LogP contribution in [-0.4, -0.2) is 56.2 Å². The molecule has 1 unspecified atom stereocenters. The smallest absolute Gasteiger partial charge is 0.238 e. The standard InChI is InChI=1S/C11H23N3O2/c1-11(13-2,10(12)15)8-14-6-4-9(16-3)5-7-14/h9,13H,4-8H2,1-3H3,(H2,12,15). The topological polar surface area (TPSA) is 67.6 Å². The number of methoxy groups -OCH3 is 1. The first-order chi connectivity index (χ1) is 7.51. The van der Waals surface area contributed by atoms with Gasteiger partial charge in [0.25, 0.3) is 0 Å². The van der Waals surface area contributed by atoms with Gasteiger partial charge in [0.1, 0.15) is 5.54 Å². The van der Waals surface area contributed by atoms with Crippen molar-refractivity contribution < 1.29 is 9.53 Å². The Hall–Kier alpha value is -0.650. The SMILES string of the molecule is CNC(C)(CN1CCC(OC)CC1)C(N)=O. The molecule has 0 aromatic carbocycles. The highest BCUT2D eigenvalue weighted by atomic mass is 16.5. The van der Waals surface area contributed by atoms with Gasteiger partial charge in [-0.15, -0.1) is 0 Å². The normalized spacial score (nSPS) is 22.9. The van der Waals surface area contributed by atoms with Crippen LogP contribution in [0.5, 0.6) is 0 Å². The number of primary amides is 1. The van der Waals surface area contributed by atoms with Crippen LogP contribution in [0.3, 0.4) is 0 Å². The largest absolute Gasteiger partial charge is 0.381 e. The van der Waals surface area contributed by atoms with Crippen molar-refractivity contribution in [1.82, 2.24) is 10.2 Å². The molecule has 0 aromatic heterocycles. The van der Waals surface area contributed by atoms with Crippen molar-refractivity contribution >= 4 is 5.91 Å². The van der Waals surface area contributed by atoms with E-state index in [4.69, 9.17) is 10.5 Å². The van der Waals surface area contributed by atoms with Crippen LogP contribution in [0.25, 0.3) is 0 Å². The van der Waals surface area contributed by atoms with Crippen LogP contribution in [-0.2, 0) is 9.53 Å². The molecule has 0 saturated carbocycles. The summed E-state index contributed by atoms with van der Waals surface area (Å²) in [4.78, 5) is 13.6. The Morgan fingerprint density at radius 2 is 2.12 bits per heavy atom. The third kappa shape index (κ3) is 3.17. The van der Waals surface area contributed by atoms with Gasteiger partial charge in [-0.2, -0.15) is 0 Å². The van der Waals surface area contributed by atoms with Gasteiger partial charge in [0.15, 0.2) is 0 Å². The molecule has 0 bridgehead atoms. The summed E-state index contributed by atoms with van der Waals surface area (Å²) in [7, 11) is 3.52. The van der Waals surface area contributed by atoms with E-state index in [1.807, 2.05) is 6.92 Å². The quantitative estimate of drug-likeness (QED) is 0.671. The van der Waals surface area contributed by atoms with Gasteiger partial charge in [0.2, 0.25) is 5.91 Å². The molecular formula is C11H23N3O2. The van der Waals surface area contributed by atoms with E-state index in [2.05, 4.69) is 10.2 Å². The first-order valence-electron chi connectivity index (χ1n) is 5.76. The number of nitrogens with two attached hydrogens (primary N) is 1. The predicted octanol–water partition coefficient (Wildman–Crippen LogP) is -0.439. The van der Waals surface area contributed by atoms with Gasteiger partial charge in [0.05, 0.1) is 6.10 Å². The molecule has 16 heavy (non-hydrogen) atoms. The summed E-state index contributed by atoms with van der Waals surface area (Å²) in [6.07, 6.45) is 2.41. The fourth-order valence-corrected chi connectivity index (χ4v) is 2.03. The maximum Gasteiger partial charge on any atom is 0.238 e. The fraction of sp³-hybridized carbons (Fsp3) is 0.909. The van der Waals surface area contributed by atoms with Gasteiger partial charge in [0, 0.05) is 26.7 Å². The van der Waals surface area contributed by atoms with E-state index in [1.54, 1.807) is 14.2 Å². The second-order valence-electron chi connectivity index (χ2n) is 4.66. The second-order valence-corrected chi connectivity index (χ2v) is 4.66. The number of nitrogens with one attached hydrogen (secondary N) is 1. The number of hydrogen-bond acceptors (Lipinski definition) is 4. The van der Waals surface area contributed by atoms with Gasteiger partial charge in [-0.25, -0.2) is 0 Å². The minimum Gasteiger partial charge on any atom is -0.381 e. The minimum absolute atomic E-state index is 0.302. The molecule has 3 N–H and O–H groups in total. The average molecular weight is 229 g/mol. The van der Waals surface area contributed by atoms with Crippen molar-refractivity contribution in [3.63, 3.8) is 0 Å². The lowest BCUT2D eigenvalue weighted by Gasteiger charge is -2.37. The molecule has 1 rings (SSSR count). The van der Waals surface area contributed by atoms with Gasteiger partial charge >= 0.3 is 0 Å². The van der Waals surface area contributed by atoms with Crippen molar-refractivity contribution in [2.24, 2.45) is 5.73 Å². The summed E-state index contributed by atoms with van der Waals surface area (Å²) in [5, 5.41) is 3.00. The van der Waals surface area contributed by atoms with Crippen LogP contribution >= 0.6 is 0 Å². The fourth-order valence-electron chi connectivity index (χ4n) is 2.03. The molecule has 0 spiro atoms. The first-order valence-corrected chi connectivity index (χ1v) is 5.76. The molecule has 0 aromatic rings. The zero-order valence-corrected chi connectivity index (χ0v) is 10.5. The Kier molecular flexibility index (Phi) is 4.70. The van der Waals surface area contributed by atoms with E-state index in [1.165, 1.54) is 0 Å². The van der Waals surface area contributed by atoms with Gasteiger partial charge in [-0.05, 0) is 26.8 Å². The van der Waals surface area contributed by atoms with E-state index < -0.39 is 5.54 Å². The van der Waals surface area contributed by atoms with Crippen LogP contribution in [0.2, 0.25) is 0 Å². The highest BCUT2D eigenvalue weighted by molar-refractivity contribution is 5.84. The first kappa shape index (κ1) is 13.4. The summed E-state index contributed by atoms with van der Waals surface area (Å²) >= 11 is 0. The number of likely N-dealkylation sites (tertiary alicyclic amines) is 1. The maximum absolute atomic E-state index is 11.4. The zero-order valence-electron chi connectivity index (χ0n) is 10.5. The van der Waals surface area contributed by atoms with Crippen LogP contribution in [0.1, 0.15) is 19.8 Å². The molecule has 1 amide bonds. The van der Waals surface area contributed by atoms with E-state index in [0.717, 1.165) is 25.9 Å². The minimum atomic E-state index is -0.639. The third-order valence-corrected chi connectivity index (χ3v) is 3.50. The lowest BCUT2D eigenvalue weighted by Crippen LogP contribution is -2.59. The van der Waals surface area contributed by atoms with Crippen LogP contribution in [0, 0.1) is 0 Å². The van der Waals surface area contributed by atoms with Crippen molar-refractivity contribution in [3.8, 4) is 0 Å². The lowest BCUT2D eigenvalue weighted by atomic mass is 9.99. The third-order valence-electron chi connectivity index (χ3n) is 3.50. The van der Waals surface area contributed by atoms with Gasteiger partial charge < -0.3 is 20.7 Å². The monoisotopic (exact) mass is 229 g/mol. The molecule has 94 valence electrons. The maximum atomic E-state index is 11.4. The molecule has 1 fully saturated rings. The zero-order chi connectivity index (χ0) is 12.2. The molecule has 1 atom stereocenters. The lowest BCUT2D eigenvalue weighted by molar-refractivity contribution is -0.124. The molecule has 0 aliphatic carbocycles. The van der Waals surface area contributed by atoms with E-state index in [9.17, 15) is 4.79 Å². The second kappa shape index (κ2) is 5.61. The number of carbonyl (C=O) groups is 1. The van der Waals surface area contributed by atoms with Crippen LogP contribution in [0.15, 0.2) is 0 Å². The highest BCUT2D eigenvalue weighted by Crippen LogP contribution is 2.15. The molecule has 5 heteroatoms. The predicted molar refractivity (Wildman–Crippen MR) is 63.1 cm³/mol. The summed E-state index contributed by atoms with van der Waals surface area (Å²) in [6, 6.07) is 0. The molecule has 1 aliphatic heterocycles. The van der Waals surface area contributed by atoms with Crippen LogP contribution < -0.4 is 11.1 Å². The molecular weight excluding hydrogens is 206 g/mol. The Bertz CT molecular complexity index is 239. The highest BCUT2D eigenvalue weighted by Gasteiger charge is 2.32. The van der Waals surface area contributed by atoms with E-state index >= 15 is 0 Å². The van der Waals surface area contributed by atoms with E-state index in [0.29, 0.717) is 12.6 Å². The number of amides is 1. The Balaban J connectivity index is 2.46. The van der Waals surface area contributed by atoms with Crippen molar-refractivity contribution in [1.29, 1.82) is 0 Å². The molecule has 1 aliphatic rings. The van der Waals surface area contributed by atoms with Crippen LogP contribution in [0.4, 0.5) is 0 Å². The summed E-state index contributed by atoms with van der Waals surface area (Å²) in [6.45, 7) is 4.43. The summed E-state index contributed by atoms with van der Waals surface area (Å²) in [5.74, 6) is -0.302. The van der Waals surface area contributed by atoms with Gasteiger partial charge in [-0.3, -0.25) is 4.79 Å².